The zero-order valence-corrected chi connectivity index (χ0v) is 12.2. The standard InChI is InChI=1S/C16H24N2O2/c1-2-18(12-14-7-6-10-17-11-14)16(19)13-20-15-8-4-3-5-9-15/h3-5,8-9,14,17H,2,6-7,10-13H2,1H3. The van der Waals surface area contributed by atoms with Crippen LogP contribution in [0, 0.1) is 5.92 Å². The van der Waals surface area contributed by atoms with E-state index in [1.807, 2.05) is 42.2 Å². The molecule has 1 atom stereocenters. The minimum Gasteiger partial charge on any atom is -0.484 e. The molecule has 1 aromatic rings. The third-order valence-corrected chi connectivity index (χ3v) is 3.72. The number of hydrogen-bond acceptors (Lipinski definition) is 3. The van der Waals surface area contributed by atoms with E-state index >= 15 is 0 Å². The fraction of sp³-hybridized carbons (Fsp3) is 0.562. The van der Waals surface area contributed by atoms with Crippen LogP contribution in [0.5, 0.6) is 5.75 Å². The summed E-state index contributed by atoms with van der Waals surface area (Å²) < 4.78 is 5.53. The quantitative estimate of drug-likeness (QED) is 0.863. The first-order valence-electron chi connectivity index (χ1n) is 7.46. The molecular formula is C16H24N2O2. The highest BCUT2D eigenvalue weighted by Crippen LogP contribution is 2.13. The van der Waals surface area contributed by atoms with Gasteiger partial charge in [-0.15, -0.1) is 0 Å². The van der Waals surface area contributed by atoms with Crippen LogP contribution in [0.25, 0.3) is 0 Å². The number of rotatable bonds is 6. The summed E-state index contributed by atoms with van der Waals surface area (Å²) in [6.45, 7) is 5.85. The van der Waals surface area contributed by atoms with Gasteiger partial charge >= 0.3 is 0 Å². The molecule has 0 aliphatic carbocycles. The number of nitrogens with zero attached hydrogens (tertiary/aromatic N) is 1. The predicted molar refractivity (Wildman–Crippen MR) is 79.8 cm³/mol. The van der Waals surface area contributed by atoms with Crippen LogP contribution in [0.1, 0.15) is 19.8 Å². The van der Waals surface area contributed by atoms with Crippen molar-refractivity contribution in [1.29, 1.82) is 0 Å². The van der Waals surface area contributed by atoms with Gasteiger partial charge in [0.25, 0.3) is 5.91 Å². The molecule has 110 valence electrons. The van der Waals surface area contributed by atoms with Crippen LogP contribution in [0.3, 0.4) is 0 Å². The van der Waals surface area contributed by atoms with E-state index in [1.54, 1.807) is 0 Å². The van der Waals surface area contributed by atoms with Crippen molar-refractivity contribution in [2.45, 2.75) is 19.8 Å². The van der Waals surface area contributed by atoms with Gasteiger partial charge in [0.15, 0.2) is 6.61 Å². The smallest absolute Gasteiger partial charge is 0.260 e. The van der Waals surface area contributed by atoms with Gasteiger partial charge in [-0.2, -0.15) is 0 Å². The van der Waals surface area contributed by atoms with Gasteiger partial charge in [0.1, 0.15) is 5.75 Å². The van der Waals surface area contributed by atoms with Crippen molar-refractivity contribution >= 4 is 5.91 Å². The molecule has 1 fully saturated rings. The lowest BCUT2D eigenvalue weighted by atomic mass is 9.99. The van der Waals surface area contributed by atoms with Crippen LogP contribution in [0.4, 0.5) is 0 Å². The molecule has 1 aliphatic heterocycles. The van der Waals surface area contributed by atoms with Crippen molar-refractivity contribution < 1.29 is 9.53 Å². The van der Waals surface area contributed by atoms with Crippen molar-refractivity contribution in [3.63, 3.8) is 0 Å². The predicted octanol–water partition coefficient (Wildman–Crippen LogP) is 1.91. The number of piperidine rings is 1. The Hall–Kier alpha value is -1.55. The Morgan fingerprint density at radius 1 is 1.40 bits per heavy atom. The normalized spacial score (nSPS) is 18.6. The zero-order valence-electron chi connectivity index (χ0n) is 12.2. The third kappa shape index (κ3) is 4.53. The highest BCUT2D eigenvalue weighted by atomic mass is 16.5. The van der Waals surface area contributed by atoms with E-state index in [1.165, 1.54) is 12.8 Å². The van der Waals surface area contributed by atoms with Gasteiger partial charge in [0, 0.05) is 13.1 Å². The lowest BCUT2D eigenvalue weighted by Gasteiger charge is -2.29. The number of benzene rings is 1. The van der Waals surface area contributed by atoms with E-state index in [0.29, 0.717) is 5.92 Å². The number of carbonyl (C=O) groups is 1. The average Bonchev–Trinajstić information content (AvgIpc) is 2.52. The molecule has 2 rings (SSSR count). The van der Waals surface area contributed by atoms with Crippen molar-refractivity contribution in [1.82, 2.24) is 10.2 Å². The fourth-order valence-corrected chi connectivity index (χ4v) is 2.55. The number of amides is 1. The molecule has 4 heteroatoms. The summed E-state index contributed by atoms with van der Waals surface area (Å²) in [5.74, 6) is 1.39. The molecule has 0 spiro atoms. The number of para-hydroxylation sites is 1. The second-order valence-electron chi connectivity index (χ2n) is 5.25. The summed E-state index contributed by atoms with van der Waals surface area (Å²) in [5.41, 5.74) is 0. The number of nitrogens with one attached hydrogen (secondary N) is 1. The van der Waals surface area contributed by atoms with Crippen LogP contribution >= 0.6 is 0 Å². The Morgan fingerprint density at radius 3 is 2.85 bits per heavy atom. The largest absolute Gasteiger partial charge is 0.484 e. The van der Waals surface area contributed by atoms with Crippen molar-refractivity contribution in [2.24, 2.45) is 5.92 Å². The van der Waals surface area contributed by atoms with Crippen molar-refractivity contribution in [3.05, 3.63) is 30.3 Å². The topological polar surface area (TPSA) is 41.6 Å². The molecule has 1 heterocycles. The number of likely N-dealkylation sites (N-methyl/N-ethyl adjacent to an activating group) is 1. The lowest BCUT2D eigenvalue weighted by Crippen LogP contribution is -2.42. The molecule has 1 amide bonds. The van der Waals surface area contributed by atoms with Crippen LogP contribution in [0.2, 0.25) is 0 Å². The van der Waals surface area contributed by atoms with Gasteiger partial charge in [-0.05, 0) is 50.9 Å². The van der Waals surface area contributed by atoms with Gasteiger partial charge < -0.3 is 15.0 Å². The summed E-state index contributed by atoms with van der Waals surface area (Å²) >= 11 is 0. The molecule has 1 unspecified atom stereocenters. The van der Waals surface area contributed by atoms with Gasteiger partial charge in [0.05, 0.1) is 0 Å². The first-order chi connectivity index (χ1) is 9.79. The molecule has 0 bridgehead atoms. The first kappa shape index (κ1) is 14.9. The molecule has 0 saturated carbocycles. The molecule has 1 aromatic carbocycles. The van der Waals surface area contributed by atoms with Gasteiger partial charge in [-0.1, -0.05) is 18.2 Å². The lowest BCUT2D eigenvalue weighted by molar-refractivity contribution is -0.133. The van der Waals surface area contributed by atoms with Gasteiger partial charge in [0.2, 0.25) is 0 Å². The van der Waals surface area contributed by atoms with E-state index < -0.39 is 0 Å². The maximum atomic E-state index is 12.2. The Morgan fingerprint density at radius 2 is 2.20 bits per heavy atom. The second kappa shape index (κ2) is 7.90. The second-order valence-corrected chi connectivity index (χ2v) is 5.25. The minimum atomic E-state index is 0.0712. The van der Waals surface area contributed by atoms with E-state index in [9.17, 15) is 4.79 Å². The highest BCUT2D eigenvalue weighted by molar-refractivity contribution is 5.77. The summed E-state index contributed by atoms with van der Waals surface area (Å²) in [4.78, 5) is 14.1. The van der Waals surface area contributed by atoms with E-state index in [4.69, 9.17) is 4.74 Å². The molecule has 1 saturated heterocycles. The molecule has 1 N–H and O–H groups in total. The maximum Gasteiger partial charge on any atom is 0.260 e. The van der Waals surface area contributed by atoms with E-state index in [-0.39, 0.29) is 12.5 Å². The SMILES string of the molecule is CCN(CC1CCCNC1)C(=O)COc1ccccc1. The zero-order chi connectivity index (χ0) is 14.2. The summed E-state index contributed by atoms with van der Waals surface area (Å²) in [6.07, 6.45) is 2.41. The fourth-order valence-electron chi connectivity index (χ4n) is 2.55. The average molecular weight is 276 g/mol. The summed E-state index contributed by atoms with van der Waals surface area (Å²) in [6, 6.07) is 9.49. The van der Waals surface area contributed by atoms with Crippen molar-refractivity contribution in [2.75, 3.05) is 32.8 Å². The molecule has 1 aliphatic rings. The Bertz CT molecular complexity index is 402. The molecule has 20 heavy (non-hydrogen) atoms. The van der Waals surface area contributed by atoms with E-state index in [0.717, 1.165) is 31.9 Å². The van der Waals surface area contributed by atoms with Crippen LogP contribution in [-0.2, 0) is 4.79 Å². The van der Waals surface area contributed by atoms with Gasteiger partial charge in [-0.3, -0.25) is 4.79 Å². The molecule has 0 radical (unpaired) electrons. The summed E-state index contributed by atoms with van der Waals surface area (Å²) in [5, 5.41) is 3.39. The molecule has 0 aromatic heterocycles. The maximum absolute atomic E-state index is 12.2. The third-order valence-electron chi connectivity index (χ3n) is 3.72. The summed E-state index contributed by atoms with van der Waals surface area (Å²) in [7, 11) is 0. The van der Waals surface area contributed by atoms with Crippen LogP contribution in [-0.4, -0.2) is 43.6 Å². The molecular weight excluding hydrogens is 252 g/mol. The van der Waals surface area contributed by atoms with Gasteiger partial charge in [-0.25, -0.2) is 0 Å². The van der Waals surface area contributed by atoms with E-state index in [2.05, 4.69) is 5.32 Å². The minimum absolute atomic E-state index is 0.0712. The Balaban J connectivity index is 1.79. The first-order valence-corrected chi connectivity index (χ1v) is 7.46. The monoisotopic (exact) mass is 276 g/mol. The van der Waals surface area contributed by atoms with Crippen LogP contribution < -0.4 is 10.1 Å². The highest BCUT2D eigenvalue weighted by Gasteiger charge is 2.19. The number of hydrogen-bond donors (Lipinski definition) is 1. The van der Waals surface area contributed by atoms with Crippen molar-refractivity contribution in [3.8, 4) is 5.75 Å². The number of carbonyl (C=O) groups excluding carboxylic acids is 1. The Kier molecular flexibility index (Phi) is 5.87. The van der Waals surface area contributed by atoms with Crippen LogP contribution in [0.15, 0.2) is 30.3 Å². The number of ether oxygens (including phenoxy) is 1. The Labute approximate surface area is 121 Å². The molecule has 4 nitrogen and oxygen atoms in total.